The lowest BCUT2D eigenvalue weighted by Crippen LogP contribution is -2.11. The highest BCUT2D eigenvalue weighted by Crippen LogP contribution is 2.22. The van der Waals surface area contributed by atoms with E-state index in [0.717, 1.165) is 18.2 Å². The van der Waals surface area contributed by atoms with E-state index in [1.807, 2.05) is 0 Å². The highest BCUT2D eigenvalue weighted by Gasteiger charge is 2.08. The zero-order chi connectivity index (χ0) is 15.0. The fourth-order valence-corrected chi connectivity index (χ4v) is 1.97. The maximum absolute atomic E-state index is 13.1. The minimum Gasteiger partial charge on any atom is -0.506 e. The van der Waals surface area contributed by atoms with Crippen molar-refractivity contribution in [3.63, 3.8) is 0 Å². The number of hydrogen-bond donors (Lipinski definition) is 3. The van der Waals surface area contributed by atoms with Gasteiger partial charge < -0.3 is 10.4 Å². The molecule has 21 heavy (non-hydrogen) atoms. The third-order valence-corrected chi connectivity index (χ3v) is 2.84. The molecule has 7 heteroatoms. The second-order valence-corrected chi connectivity index (χ2v) is 4.37. The van der Waals surface area contributed by atoms with Gasteiger partial charge in [0.2, 0.25) is 5.95 Å². The monoisotopic (exact) mass is 289 g/mol. The van der Waals surface area contributed by atoms with Crippen molar-refractivity contribution in [2.24, 2.45) is 0 Å². The van der Waals surface area contributed by atoms with Gasteiger partial charge in [0, 0.05) is 11.8 Å². The van der Waals surface area contributed by atoms with Crippen molar-refractivity contribution in [3.05, 3.63) is 58.4 Å². The van der Waals surface area contributed by atoms with Crippen LogP contribution in [-0.4, -0.2) is 15.1 Å². The number of hydrogen-bond acceptors (Lipinski definition) is 4. The Morgan fingerprint density at radius 2 is 1.86 bits per heavy atom. The molecule has 0 amide bonds. The predicted octanol–water partition coefficient (Wildman–Crippen LogP) is 2.65. The lowest BCUT2D eigenvalue weighted by molar-refractivity contribution is 0.480. The molecule has 2 aromatic carbocycles. The van der Waals surface area contributed by atoms with Gasteiger partial charge in [-0.3, -0.25) is 9.78 Å². The Labute approximate surface area is 116 Å². The summed E-state index contributed by atoms with van der Waals surface area (Å²) in [5, 5.41) is 12.5. The molecule has 0 spiro atoms. The fraction of sp³-hybridized carbons (Fsp3) is 0. The zero-order valence-electron chi connectivity index (χ0n) is 10.5. The van der Waals surface area contributed by atoms with Crippen molar-refractivity contribution in [2.75, 3.05) is 5.32 Å². The van der Waals surface area contributed by atoms with E-state index in [4.69, 9.17) is 0 Å². The fourth-order valence-electron chi connectivity index (χ4n) is 1.97. The number of nitrogens with zero attached hydrogens (tertiary/aromatic N) is 1. The van der Waals surface area contributed by atoms with Crippen molar-refractivity contribution in [1.82, 2.24) is 9.97 Å². The molecule has 3 rings (SSSR count). The van der Waals surface area contributed by atoms with Crippen molar-refractivity contribution in [1.29, 1.82) is 0 Å². The number of H-pyrrole nitrogens is 1. The second-order valence-electron chi connectivity index (χ2n) is 4.37. The SMILES string of the molecule is O=c1[nH]c(Nc2cc(F)cc(F)c2)nc2c(O)cccc12. The summed E-state index contributed by atoms with van der Waals surface area (Å²) in [5.41, 5.74) is -0.290. The summed E-state index contributed by atoms with van der Waals surface area (Å²) in [4.78, 5) is 18.3. The molecule has 0 atom stereocenters. The summed E-state index contributed by atoms with van der Waals surface area (Å²) in [6, 6.07) is 7.25. The summed E-state index contributed by atoms with van der Waals surface area (Å²) >= 11 is 0. The lowest BCUT2D eigenvalue weighted by Gasteiger charge is -2.07. The van der Waals surface area contributed by atoms with E-state index in [1.54, 1.807) is 0 Å². The van der Waals surface area contributed by atoms with Crippen LogP contribution in [-0.2, 0) is 0 Å². The summed E-state index contributed by atoms with van der Waals surface area (Å²) in [5.74, 6) is -1.71. The van der Waals surface area contributed by atoms with Crippen LogP contribution in [0.4, 0.5) is 20.4 Å². The number of aromatic hydroxyl groups is 1. The number of phenolic OH excluding ortho intramolecular Hbond substituents is 1. The average Bonchev–Trinajstić information content (AvgIpc) is 2.39. The smallest absolute Gasteiger partial charge is 0.260 e. The number of fused-ring (bicyclic) bond motifs is 1. The maximum Gasteiger partial charge on any atom is 0.260 e. The Morgan fingerprint density at radius 1 is 1.14 bits per heavy atom. The van der Waals surface area contributed by atoms with Crippen LogP contribution < -0.4 is 10.9 Å². The minimum absolute atomic E-state index is 0.0287. The molecule has 0 fully saturated rings. The predicted molar refractivity (Wildman–Crippen MR) is 73.7 cm³/mol. The summed E-state index contributed by atoms with van der Waals surface area (Å²) < 4.78 is 26.2. The van der Waals surface area contributed by atoms with Crippen molar-refractivity contribution in [2.45, 2.75) is 0 Å². The molecule has 0 aliphatic carbocycles. The van der Waals surface area contributed by atoms with Gasteiger partial charge in [-0.05, 0) is 24.3 Å². The molecule has 5 nitrogen and oxygen atoms in total. The average molecular weight is 289 g/mol. The van der Waals surface area contributed by atoms with Gasteiger partial charge in [-0.25, -0.2) is 13.8 Å². The number of halogens is 2. The molecule has 1 heterocycles. The number of rotatable bonds is 2. The van der Waals surface area contributed by atoms with Crippen LogP contribution in [0.3, 0.4) is 0 Å². The first kappa shape index (κ1) is 13.0. The van der Waals surface area contributed by atoms with Crippen LogP contribution in [0.5, 0.6) is 5.75 Å². The van der Waals surface area contributed by atoms with Crippen LogP contribution in [0.1, 0.15) is 0 Å². The van der Waals surface area contributed by atoms with Crippen LogP contribution in [0, 0.1) is 11.6 Å². The van der Waals surface area contributed by atoms with Gasteiger partial charge in [-0.1, -0.05) is 6.07 Å². The first-order chi connectivity index (χ1) is 10.0. The lowest BCUT2D eigenvalue weighted by atomic mass is 10.2. The molecule has 0 saturated heterocycles. The number of benzene rings is 2. The second kappa shape index (κ2) is 4.86. The number of nitrogens with one attached hydrogen (secondary N) is 2. The summed E-state index contributed by atoms with van der Waals surface area (Å²) in [7, 11) is 0. The van der Waals surface area contributed by atoms with Crippen molar-refractivity contribution in [3.8, 4) is 5.75 Å². The number of aromatic amines is 1. The van der Waals surface area contributed by atoms with Crippen LogP contribution >= 0.6 is 0 Å². The zero-order valence-corrected chi connectivity index (χ0v) is 10.5. The van der Waals surface area contributed by atoms with Gasteiger partial charge in [-0.2, -0.15) is 0 Å². The van der Waals surface area contributed by atoms with E-state index in [0.29, 0.717) is 0 Å². The normalized spacial score (nSPS) is 10.8. The number of anilines is 2. The van der Waals surface area contributed by atoms with Gasteiger partial charge in [0.15, 0.2) is 0 Å². The highest BCUT2D eigenvalue weighted by atomic mass is 19.1. The van der Waals surface area contributed by atoms with Crippen molar-refractivity contribution >= 4 is 22.5 Å². The third kappa shape index (κ3) is 2.53. The van der Waals surface area contributed by atoms with Crippen LogP contribution in [0.15, 0.2) is 41.2 Å². The van der Waals surface area contributed by atoms with E-state index >= 15 is 0 Å². The molecule has 106 valence electrons. The number of para-hydroxylation sites is 1. The Kier molecular flexibility index (Phi) is 3.02. The third-order valence-electron chi connectivity index (χ3n) is 2.84. The molecule has 1 aromatic heterocycles. The standard InChI is InChI=1S/C14H9F2N3O2/c15-7-4-8(16)6-9(5-7)17-14-18-12-10(13(21)19-14)2-1-3-11(12)20/h1-6,20H,(H2,17,18,19,21). The highest BCUT2D eigenvalue weighted by molar-refractivity contribution is 5.84. The molecular weight excluding hydrogens is 280 g/mol. The molecule has 0 saturated carbocycles. The molecule has 0 radical (unpaired) electrons. The molecule has 3 N–H and O–H groups in total. The van der Waals surface area contributed by atoms with E-state index in [1.165, 1.54) is 18.2 Å². The number of aromatic nitrogens is 2. The van der Waals surface area contributed by atoms with Gasteiger partial charge in [-0.15, -0.1) is 0 Å². The Bertz CT molecular complexity index is 873. The quantitative estimate of drug-likeness (QED) is 0.677. The molecule has 0 aliphatic rings. The van der Waals surface area contributed by atoms with E-state index in [2.05, 4.69) is 15.3 Å². The Hall–Kier alpha value is -2.96. The molecular formula is C14H9F2N3O2. The Balaban J connectivity index is 2.09. The van der Waals surface area contributed by atoms with Crippen LogP contribution in [0.25, 0.3) is 10.9 Å². The topological polar surface area (TPSA) is 78.0 Å². The molecule has 0 aliphatic heterocycles. The first-order valence-corrected chi connectivity index (χ1v) is 5.98. The van der Waals surface area contributed by atoms with Gasteiger partial charge in [0.1, 0.15) is 22.9 Å². The Morgan fingerprint density at radius 3 is 2.57 bits per heavy atom. The van der Waals surface area contributed by atoms with Gasteiger partial charge >= 0.3 is 0 Å². The molecule has 0 bridgehead atoms. The summed E-state index contributed by atoms with van der Waals surface area (Å²) in [6.07, 6.45) is 0. The van der Waals surface area contributed by atoms with Crippen molar-refractivity contribution < 1.29 is 13.9 Å². The number of phenols is 1. The maximum atomic E-state index is 13.1. The summed E-state index contributed by atoms with van der Waals surface area (Å²) in [6.45, 7) is 0. The van der Waals surface area contributed by atoms with E-state index in [9.17, 15) is 18.7 Å². The van der Waals surface area contributed by atoms with Crippen LogP contribution in [0.2, 0.25) is 0 Å². The van der Waals surface area contributed by atoms with E-state index in [-0.39, 0.29) is 28.3 Å². The molecule has 0 unspecified atom stereocenters. The van der Waals surface area contributed by atoms with Gasteiger partial charge in [0.25, 0.3) is 5.56 Å². The largest absolute Gasteiger partial charge is 0.506 e. The van der Waals surface area contributed by atoms with Gasteiger partial charge in [0.05, 0.1) is 5.39 Å². The first-order valence-electron chi connectivity index (χ1n) is 5.98. The minimum atomic E-state index is -0.761. The molecule has 3 aromatic rings. The van der Waals surface area contributed by atoms with E-state index < -0.39 is 17.2 Å².